The standard InChI is InChI=1S/C20H21N3OS/c1-3-14(2)16-9-10-19(24)17(11-16)12-21-23-20-22-18(13-25-20)15-7-5-4-6-8-15/h4-14,24H,3H2,1-2H3,(H,22,23). The smallest absolute Gasteiger partial charge is 0.203 e. The van der Waals surface area contributed by atoms with Crippen LogP contribution >= 0.6 is 11.3 Å². The normalized spacial score (nSPS) is 12.4. The first-order valence-electron chi connectivity index (χ1n) is 8.30. The lowest BCUT2D eigenvalue weighted by molar-refractivity contribution is 0.474. The molecule has 2 N–H and O–H groups in total. The van der Waals surface area contributed by atoms with Crippen LogP contribution < -0.4 is 5.43 Å². The van der Waals surface area contributed by atoms with Gasteiger partial charge in [-0.05, 0) is 30.0 Å². The van der Waals surface area contributed by atoms with E-state index in [1.165, 1.54) is 16.9 Å². The number of nitrogens with one attached hydrogen (secondary N) is 1. The summed E-state index contributed by atoms with van der Waals surface area (Å²) in [7, 11) is 0. The van der Waals surface area contributed by atoms with Crippen molar-refractivity contribution in [2.45, 2.75) is 26.2 Å². The highest BCUT2D eigenvalue weighted by atomic mass is 32.1. The molecular weight excluding hydrogens is 330 g/mol. The van der Waals surface area contributed by atoms with Gasteiger partial charge in [0.15, 0.2) is 0 Å². The monoisotopic (exact) mass is 351 g/mol. The van der Waals surface area contributed by atoms with E-state index in [1.54, 1.807) is 12.3 Å². The van der Waals surface area contributed by atoms with Crippen molar-refractivity contribution in [3.63, 3.8) is 0 Å². The van der Waals surface area contributed by atoms with Crippen LogP contribution in [0.1, 0.15) is 37.3 Å². The van der Waals surface area contributed by atoms with Crippen molar-refractivity contribution in [1.29, 1.82) is 0 Å². The molecule has 1 atom stereocenters. The maximum Gasteiger partial charge on any atom is 0.203 e. The molecule has 0 fully saturated rings. The lowest BCUT2D eigenvalue weighted by Crippen LogP contribution is -1.95. The SMILES string of the molecule is CCC(C)c1ccc(O)c(C=NNc2nc(-c3ccccc3)cs2)c1. The predicted octanol–water partition coefficient (Wildman–Crippen LogP) is 5.48. The van der Waals surface area contributed by atoms with Crippen molar-refractivity contribution in [2.24, 2.45) is 5.10 Å². The molecule has 5 heteroatoms. The van der Waals surface area contributed by atoms with E-state index in [9.17, 15) is 5.11 Å². The van der Waals surface area contributed by atoms with Gasteiger partial charge in [0.1, 0.15) is 5.75 Å². The Labute approximate surface area is 151 Å². The number of anilines is 1. The van der Waals surface area contributed by atoms with E-state index >= 15 is 0 Å². The number of phenolic OH excluding ortho intramolecular Hbond substituents is 1. The fourth-order valence-electron chi connectivity index (χ4n) is 2.44. The predicted molar refractivity (Wildman–Crippen MR) is 106 cm³/mol. The van der Waals surface area contributed by atoms with Gasteiger partial charge in [-0.1, -0.05) is 50.2 Å². The number of phenols is 1. The minimum atomic E-state index is 0.224. The Hall–Kier alpha value is -2.66. The Balaban J connectivity index is 1.71. The first kappa shape index (κ1) is 17.2. The van der Waals surface area contributed by atoms with Crippen LogP contribution in [0.5, 0.6) is 5.75 Å². The topological polar surface area (TPSA) is 57.5 Å². The van der Waals surface area contributed by atoms with Gasteiger partial charge in [0.2, 0.25) is 5.13 Å². The number of hydrogen-bond donors (Lipinski definition) is 2. The molecule has 0 aliphatic carbocycles. The average molecular weight is 351 g/mol. The molecule has 0 spiro atoms. The molecule has 2 aromatic carbocycles. The molecule has 0 radical (unpaired) electrons. The summed E-state index contributed by atoms with van der Waals surface area (Å²) in [5.41, 5.74) is 6.83. The molecule has 25 heavy (non-hydrogen) atoms. The van der Waals surface area contributed by atoms with E-state index in [4.69, 9.17) is 0 Å². The van der Waals surface area contributed by atoms with Crippen LogP contribution in [0.25, 0.3) is 11.3 Å². The number of hydrazone groups is 1. The lowest BCUT2D eigenvalue weighted by atomic mass is 9.97. The summed E-state index contributed by atoms with van der Waals surface area (Å²) in [6.45, 7) is 4.33. The minimum absolute atomic E-state index is 0.224. The van der Waals surface area contributed by atoms with E-state index in [1.807, 2.05) is 47.8 Å². The first-order chi connectivity index (χ1) is 12.2. The summed E-state index contributed by atoms with van der Waals surface area (Å²) >= 11 is 1.50. The van der Waals surface area contributed by atoms with E-state index in [2.05, 4.69) is 29.4 Å². The molecule has 1 aromatic heterocycles. The second kappa shape index (κ2) is 7.94. The van der Waals surface area contributed by atoms with Crippen molar-refractivity contribution in [1.82, 2.24) is 4.98 Å². The second-order valence-corrected chi connectivity index (χ2v) is 6.76. The van der Waals surface area contributed by atoms with Crippen molar-refractivity contribution in [2.75, 3.05) is 5.43 Å². The van der Waals surface area contributed by atoms with E-state index in [-0.39, 0.29) is 5.75 Å². The van der Waals surface area contributed by atoms with Crippen molar-refractivity contribution in [3.8, 4) is 17.0 Å². The van der Waals surface area contributed by atoms with Gasteiger partial charge >= 0.3 is 0 Å². The van der Waals surface area contributed by atoms with Crippen LogP contribution in [-0.4, -0.2) is 16.3 Å². The minimum Gasteiger partial charge on any atom is -0.507 e. The van der Waals surface area contributed by atoms with Gasteiger partial charge in [0.25, 0.3) is 0 Å². The lowest BCUT2D eigenvalue weighted by Gasteiger charge is -2.10. The maximum atomic E-state index is 10.0. The molecule has 128 valence electrons. The van der Waals surface area contributed by atoms with Gasteiger partial charge in [-0.2, -0.15) is 5.10 Å². The van der Waals surface area contributed by atoms with Crippen LogP contribution in [-0.2, 0) is 0 Å². The number of hydrogen-bond acceptors (Lipinski definition) is 5. The number of rotatable bonds is 6. The number of thiazole rings is 1. The Morgan fingerprint density at radius 2 is 2.04 bits per heavy atom. The van der Waals surface area contributed by atoms with Crippen LogP contribution in [0.15, 0.2) is 59.0 Å². The molecule has 0 bridgehead atoms. The zero-order valence-corrected chi connectivity index (χ0v) is 15.1. The third-order valence-electron chi connectivity index (χ3n) is 4.17. The van der Waals surface area contributed by atoms with Crippen LogP contribution in [0.2, 0.25) is 0 Å². The quantitative estimate of drug-likeness (QED) is 0.457. The van der Waals surface area contributed by atoms with E-state index in [0.29, 0.717) is 16.6 Å². The summed E-state index contributed by atoms with van der Waals surface area (Å²) in [5, 5.41) is 16.9. The van der Waals surface area contributed by atoms with Crippen LogP contribution in [0.4, 0.5) is 5.13 Å². The molecule has 3 aromatic rings. The molecule has 0 saturated carbocycles. The third-order valence-corrected chi connectivity index (χ3v) is 4.92. The molecule has 0 saturated heterocycles. The second-order valence-electron chi connectivity index (χ2n) is 5.90. The molecule has 0 aliphatic heterocycles. The molecule has 1 heterocycles. The highest BCUT2D eigenvalue weighted by Crippen LogP contribution is 2.26. The number of benzene rings is 2. The van der Waals surface area contributed by atoms with Gasteiger partial charge in [0.05, 0.1) is 11.9 Å². The summed E-state index contributed by atoms with van der Waals surface area (Å²) in [6, 6.07) is 15.7. The zero-order chi connectivity index (χ0) is 17.6. The summed E-state index contributed by atoms with van der Waals surface area (Å²) in [5.74, 6) is 0.676. The molecular formula is C20H21N3OS. The highest BCUT2D eigenvalue weighted by Gasteiger charge is 2.07. The molecule has 0 aliphatic rings. The summed E-state index contributed by atoms with van der Waals surface area (Å²) in [4.78, 5) is 4.52. The van der Waals surface area contributed by atoms with E-state index < -0.39 is 0 Å². The third kappa shape index (κ3) is 4.25. The molecule has 4 nitrogen and oxygen atoms in total. The van der Waals surface area contributed by atoms with Gasteiger partial charge in [0, 0.05) is 16.5 Å². The Morgan fingerprint density at radius 3 is 2.80 bits per heavy atom. The van der Waals surface area contributed by atoms with Crippen molar-refractivity contribution in [3.05, 3.63) is 65.0 Å². The van der Waals surface area contributed by atoms with E-state index in [0.717, 1.165) is 17.7 Å². The Bertz CT molecular complexity index is 858. The van der Waals surface area contributed by atoms with Crippen LogP contribution in [0, 0.1) is 0 Å². The Kier molecular flexibility index (Phi) is 5.46. The molecule has 1 unspecified atom stereocenters. The maximum absolute atomic E-state index is 10.0. The van der Waals surface area contributed by atoms with Gasteiger partial charge in [-0.15, -0.1) is 11.3 Å². The van der Waals surface area contributed by atoms with Crippen molar-refractivity contribution >= 4 is 22.7 Å². The summed E-state index contributed by atoms with van der Waals surface area (Å²) < 4.78 is 0. The largest absolute Gasteiger partial charge is 0.507 e. The van der Waals surface area contributed by atoms with Gasteiger partial charge in [-0.3, -0.25) is 5.43 Å². The fourth-order valence-corrected chi connectivity index (χ4v) is 3.11. The summed E-state index contributed by atoms with van der Waals surface area (Å²) in [6.07, 6.45) is 2.69. The zero-order valence-electron chi connectivity index (χ0n) is 14.3. The fraction of sp³-hybridized carbons (Fsp3) is 0.200. The number of aromatic hydroxyl groups is 1. The number of nitrogens with zero attached hydrogens (tertiary/aromatic N) is 2. The molecule has 0 amide bonds. The van der Waals surface area contributed by atoms with Crippen molar-refractivity contribution < 1.29 is 5.11 Å². The Morgan fingerprint density at radius 1 is 1.24 bits per heavy atom. The average Bonchev–Trinajstić information content (AvgIpc) is 3.12. The highest BCUT2D eigenvalue weighted by molar-refractivity contribution is 7.14. The van der Waals surface area contributed by atoms with Crippen LogP contribution in [0.3, 0.4) is 0 Å². The molecule has 3 rings (SSSR count). The number of aromatic nitrogens is 1. The first-order valence-corrected chi connectivity index (χ1v) is 9.18. The van der Waals surface area contributed by atoms with Gasteiger partial charge in [-0.25, -0.2) is 4.98 Å². The van der Waals surface area contributed by atoms with Gasteiger partial charge < -0.3 is 5.11 Å².